The third-order valence-electron chi connectivity index (χ3n) is 4.80. The molecule has 5 rings (SSSR count). The normalized spacial score (nSPS) is 31.7. The fraction of sp³-hybridized carbons (Fsp3) is 0.222. The van der Waals surface area contributed by atoms with Crippen molar-refractivity contribution in [1.29, 1.82) is 10.5 Å². The molecule has 0 aromatic heterocycles. The largest absolute Gasteiger partial charge is 0.198 e. The quantitative estimate of drug-likeness (QED) is 0.690. The molecule has 0 saturated heterocycles. The Labute approximate surface area is 128 Å². The van der Waals surface area contributed by atoms with Crippen molar-refractivity contribution >= 4 is 11.6 Å². The summed E-state index contributed by atoms with van der Waals surface area (Å²) in [6, 6.07) is 20.6. The molecule has 3 aliphatic carbocycles. The molecule has 2 bridgehead atoms. The molecule has 2 aromatic rings. The van der Waals surface area contributed by atoms with Crippen LogP contribution in [0.3, 0.4) is 0 Å². The number of alkyl halides is 1. The van der Waals surface area contributed by atoms with Gasteiger partial charge in [0, 0.05) is 11.8 Å². The Bertz CT molecular complexity index is 782. The fourth-order valence-corrected chi connectivity index (χ4v) is 4.40. The molecule has 0 fully saturated rings. The summed E-state index contributed by atoms with van der Waals surface area (Å²) in [6.45, 7) is 0. The molecule has 100 valence electrons. The Morgan fingerprint density at radius 1 is 0.857 bits per heavy atom. The highest BCUT2D eigenvalue weighted by Crippen LogP contribution is 2.61. The molecule has 0 aliphatic heterocycles. The second-order valence-electron chi connectivity index (χ2n) is 5.66. The van der Waals surface area contributed by atoms with E-state index in [4.69, 9.17) is 11.6 Å². The Hall–Kier alpha value is -2.29. The predicted octanol–water partition coefficient (Wildman–Crippen LogP) is 3.92. The summed E-state index contributed by atoms with van der Waals surface area (Å²) in [7, 11) is 0. The molecular formula is C18H11ClN2. The van der Waals surface area contributed by atoms with Gasteiger partial charge in [-0.2, -0.15) is 10.5 Å². The van der Waals surface area contributed by atoms with Gasteiger partial charge in [-0.25, -0.2) is 0 Å². The van der Waals surface area contributed by atoms with Crippen LogP contribution in [0.5, 0.6) is 0 Å². The minimum absolute atomic E-state index is 0.121. The fourth-order valence-electron chi connectivity index (χ4n) is 3.99. The number of halogens is 1. The monoisotopic (exact) mass is 290 g/mol. The number of hydrogen-bond donors (Lipinski definition) is 0. The van der Waals surface area contributed by atoms with Crippen molar-refractivity contribution in [2.45, 2.75) is 16.7 Å². The maximum absolute atomic E-state index is 9.69. The molecular weight excluding hydrogens is 280 g/mol. The molecule has 0 spiro atoms. The molecule has 0 radical (unpaired) electrons. The molecule has 0 heterocycles. The standard InChI is InChI=1S/C18H11ClN2/c19-18(10-21)15(9-20)16-11-5-1-3-7-13(11)17(18)14-8-4-2-6-12(14)16/h1-8,15-17H/t15-,16?,17?,18+/m1/s1. The zero-order valence-corrected chi connectivity index (χ0v) is 11.9. The highest BCUT2D eigenvalue weighted by atomic mass is 35.5. The van der Waals surface area contributed by atoms with Gasteiger partial charge in [-0.1, -0.05) is 48.5 Å². The second kappa shape index (κ2) is 4.10. The van der Waals surface area contributed by atoms with Crippen LogP contribution in [-0.2, 0) is 0 Å². The molecule has 0 amide bonds. The second-order valence-corrected chi connectivity index (χ2v) is 6.28. The summed E-state index contributed by atoms with van der Waals surface area (Å²) < 4.78 is 0. The van der Waals surface area contributed by atoms with Crippen LogP contribution in [0.25, 0.3) is 0 Å². The highest BCUT2D eigenvalue weighted by Gasteiger charge is 2.59. The Morgan fingerprint density at radius 2 is 1.33 bits per heavy atom. The number of nitrogens with zero attached hydrogens (tertiary/aromatic N) is 2. The van der Waals surface area contributed by atoms with Crippen molar-refractivity contribution in [1.82, 2.24) is 0 Å². The first-order valence-corrected chi connectivity index (χ1v) is 7.27. The average molecular weight is 291 g/mol. The van der Waals surface area contributed by atoms with Gasteiger partial charge in [-0.15, -0.1) is 11.6 Å². The van der Waals surface area contributed by atoms with E-state index < -0.39 is 10.8 Å². The van der Waals surface area contributed by atoms with Crippen molar-refractivity contribution < 1.29 is 0 Å². The van der Waals surface area contributed by atoms with Crippen LogP contribution in [0.15, 0.2) is 48.5 Å². The highest BCUT2D eigenvalue weighted by molar-refractivity contribution is 6.27. The van der Waals surface area contributed by atoms with E-state index >= 15 is 0 Å². The Kier molecular flexibility index (Phi) is 2.43. The maximum atomic E-state index is 9.69. The molecule has 2 nitrogen and oxygen atoms in total. The molecule has 21 heavy (non-hydrogen) atoms. The first-order chi connectivity index (χ1) is 10.2. The van der Waals surface area contributed by atoms with Gasteiger partial charge in [0.2, 0.25) is 0 Å². The third-order valence-corrected chi connectivity index (χ3v) is 5.34. The van der Waals surface area contributed by atoms with Gasteiger partial charge in [0.1, 0.15) is 0 Å². The predicted molar refractivity (Wildman–Crippen MR) is 79.9 cm³/mol. The Morgan fingerprint density at radius 3 is 1.76 bits per heavy atom. The molecule has 3 aliphatic rings. The lowest BCUT2D eigenvalue weighted by Crippen LogP contribution is -2.49. The maximum Gasteiger partial charge on any atom is 0.158 e. The molecule has 0 unspecified atom stereocenters. The van der Waals surface area contributed by atoms with Crippen molar-refractivity contribution in [2.24, 2.45) is 5.92 Å². The van der Waals surface area contributed by atoms with Gasteiger partial charge in [0.25, 0.3) is 0 Å². The van der Waals surface area contributed by atoms with E-state index in [1.165, 1.54) is 0 Å². The Balaban J connectivity index is 2.13. The zero-order chi connectivity index (χ0) is 14.6. The van der Waals surface area contributed by atoms with Crippen LogP contribution in [0.4, 0.5) is 0 Å². The van der Waals surface area contributed by atoms with E-state index in [-0.39, 0.29) is 11.8 Å². The molecule has 0 saturated carbocycles. The third kappa shape index (κ3) is 1.36. The van der Waals surface area contributed by atoms with Gasteiger partial charge in [-0.05, 0) is 22.3 Å². The summed E-state index contributed by atoms with van der Waals surface area (Å²) in [5.41, 5.74) is 4.45. The smallest absolute Gasteiger partial charge is 0.158 e. The topological polar surface area (TPSA) is 47.6 Å². The van der Waals surface area contributed by atoms with Crippen LogP contribution in [0.2, 0.25) is 0 Å². The van der Waals surface area contributed by atoms with E-state index in [2.05, 4.69) is 24.3 Å². The summed E-state index contributed by atoms with van der Waals surface area (Å²) in [5.74, 6) is -0.894. The van der Waals surface area contributed by atoms with E-state index in [0.717, 1.165) is 22.3 Å². The number of hydrogen-bond acceptors (Lipinski definition) is 2. The molecule has 2 aromatic carbocycles. The average Bonchev–Trinajstić information content (AvgIpc) is 2.54. The summed E-state index contributed by atoms with van der Waals surface area (Å²) >= 11 is 6.69. The number of fused-ring (bicyclic) bond motifs is 1. The van der Waals surface area contributed by atoms with Crippen LogP contribution in [-0.4, -0.2) is 4.87 Å². The summed E-state index contributed by atoms with van der Waals surface area (Å²) in [4.78, 5) is -1.19. The van der Waals surface area contributed by atoms with Crippen LogP contribution < -0.4 is 0 Å². The minimum atomic E-state index is -1.19. The van der Waals surface area contributed by atoms with Crippen LogP contribution in [0.1, 0.15) is 34.1 Å². The number of benzene rings is 2. The number of nitriles is 2. The van der Waals surface area contributed by atoms with Crippen LogP contribution in [0, 0.1) is 28.6 Å². The van der Waals surface area contributed by atoms with E-state index in [1.54, 1.807) is 0 Å². The van der Waals surface area contributed by atoms with Gasteiger partial charge >= 0.3 is 0 Å². The summed E-state index contributed by atoms with van der Waals surface area (Å²) in [6.07, 6.45) is 0. The SMILES string of the molecule is N#C[C@@H]1C2c3ccccc3C(c3ccccc32)[C@]1(Cl)C#N. The van der Waals surface area contributed by atoms with Gasteiger partial charge in [0.05, 0.1) is 18.1 Å². The van der Waals surface area contributed by atoms with E-state index in [1.807, 2.05) is 36.4 Å². The minimum Gasteiger partial charge on any atom is -0.198 e. The number of rotatable bonds is 0. The van der Waals surface area contributed by atoms with Crippen LogP contribution >= 0.6 is 11.6 Å². The van der Waals surface area contributed by atoms with Gasteiger partial charge in [0.15, 0.2) is 4.87 Å². The zero-order valence-electron chi connectivity index (χ0n) is 11.1. The van der Waals surface area contributed by atoms with E-state index in [9.17, 15) is 10.5 Å². The van der Waals surface area contributed by atoms with Gasteiger partial charge in [-0.3, -0.25) is 0 Å². The van der Waals surface area contributed by atoms with Crippen molar-refractivity contribution in [2.75, 3.05) is 0 Å². The summed E-state index contributed by atoms with van der Waals surface area (Å²) in [5, 5.41) is 19.3. The van der Waals surface area contributed by atoms with Crippen molar-refractivity contribution in [3.8, 4) is 12.1 Å². The lowest BCUT2D eigenvalue weighted by molar-refractivity contribution is 0.377. The van der Waals surface area contributed by atoms with Crippen molar-refractivity contribution in [3.05, 3.63) is 70.8 Å². The van der Waals surface area contributed by atoms with E-state index in [0.29, 0.717) is 0 Å². The lowest BCUT2D eigenvalue weighted by Gasteiger charge is -2.49. The van der Waals surface area contributed by atoms with Gasteiger partial charge < -0.3 is 0 Å². The molecule has 0 N–H and O–H groups in total. The molecule has 3 heteroatoms. The first kappa shape index (κ1) is 12.5. The first-order valence-electron chi connectivity index (χ1n) is 6.89. The molecule has 2 atom stereocenters. The van der Waals surface area contributed by atoms with Crippen molar-refractivity contribution in [3.63, 3.8) is 0 Å². The lowest BCUT2D eigenvalue weighted by atomic mass is 9.54.